The van der Waals surface area contributed by atoms with Crippen molar-refractivity contribution in [2.45, 2.75) is 13.0 Å². The van der Waals surface area contributed by atoms with Crippen molar-refractivity contribution in [3.63, 3.8) is 0 Å². The molecule has 10 heteroatoms. The summed E-state index contributed by atoms with van der Waals surface area (Å²) in [5, 5.41) is 10.3. The summed E-state index contributed by atoms with van der Waals surface area (Å²) in [4.78, 5) is 33.6. The van der Waals surface area contributed by atoms with Crippen molar-refractivity contribution in [2.75, 3.05) is 19.6 Å². The van der Waals surface area contributed by atoms with Crippen LogP contribution < -0.4 is 10.1 Å². The third-order valence-electron chi connectivity index (χ3n) is 4.83. The highest BCUT2D eigenvalue weighted by atomic mass is 16.5. The first kappa shape index (κ1) is 20.0. The highest BCUT2D eigenvalue weighted by molar-refractivity contribution is 5.94. The van der Waals surface area contributed by atoms with Gasteiger partial charge in [0.2, 0.25) is 5.91 Å². The highest BCUT2D eigenvalue weighted by Crippen LogP contribution is 2.27. The van der Waals surface area contributed by atoms with Gasteiger partial charge in [-0.05, 0) is 30.7 Å². The van der Waals surface area contributed by atoms with E-state index in [2.05, 4.69) is 25.5 Å². The van der Waals surface area contributed by atoms with Gasteiger partial charge in [0, 0.05) is 6.20 Å². The van der Waals surface area contributed by atoms with Crippen LogP contribution in [0, 0.1) is 13.5 Å². The summed E-state index contributed by atoms with van der Waals surface area (Å²) in [6.45, 7) is 9.71. The van der Waals surface area contributed by atoms with Gasteiger partial charge in [-0.1, -0.05) is 17.3 Å². The maximum atomic E-state index is 12.3. The minimum absolute atomic E-state index is 0.108. The Morgan fingerprint density at radius 3 is 2.90 bits per heavy atom. The van der Waals surface area contributed by atoms with Crippen LogP contribution in [0.2, 0.25) is 0 Å². The topological polar surface area (TPSA) is 107 Å². The lowest BCUT2D eigenvalue weighted by Crippen LogP contribution is -2.58. The Bertz CT molecular complexity index is 1150. The van der Waals surface area contributed by atoms with Crippen molar-refractivity contribution in [3.8, 4) is 11.4 Å². The SMILES string of the molecule is [C-]#[N+]c1ccc(C)c(OC2CN(C(=O)CNC(=O)c3cn(-c4cccnc4)nn3)C2)c1. The van der Waals surface area contributed by atoms with Crippen LogP contribution in [0.4, 0.5) is 5.69 Å². The number of carbonyl (C=O) groups excluding carboxylic acids is 2. The van der Waals surface area contributed by atoms with E-state index in [0.717, 1.165) is 5.56 Å². The molecule has 0 aliphatic carbocycles. The summed E-state index contributed by atoms with van der Waals surface area (Å²) < 4.78 is 7.33. The van der Waals surface area contributed by atoms with Gasteiger partial charge >= 0.3 is 0 Å². The Hall–Kier alpha value is -4.26. The highest BCUT2D eigenvalue weighted by Gasteiger charge is 2.32. The molecule has 3 aromatic rings. The number of amides is 2. The van der Waals surface area contributed by atoms with Crippen LogP contribution in [0.1, 0.15) is 16.1 Å². The lowest BCUT2D eigenvalue weighted by Gasteiger charge is -2.39. The molecule has 2 amide bonds. The molecule has 0 radical (unpaired) electrons. The second kappa shape index (κ2) is 8.62. The van der Waals surface area contributed by atoms with Crippen LogP contribution >= 0.6 is 0 Å². The largest absolute Gasteiger partial charge is 0.488 e. The van der Waals surface area contributed by atoms with Gasteiger partial charge in [0.1, 0.15) is 11.9 Å². The van der Waals surface area contributed by atoms with Crippen molar-refractivity contribution in [2.24, 2.45) is 0 Å². The number of nitrogens with zero attached hydrogens (tertiary/aromatic N) is 6. The molecule has 3 heterocycles. The molecule has 1 fully saturated rings. The normalized spacial score (nSPS) is 13.2. The second-order valence-electron chi connectivity index (χ2n) is 7.04. The minimum atomic E-state index is -0.483. The number of pyridine rings is 1. The smallest absolute Gasteiger partial charge is 0.273 e. The number of rotatable bonds is 6. The van der Waals surface area contributed by atoms with Gasteiger partial charge in [0.15, 0.2) is 11.4 Å². The first-order valence-corrected chi connectivity index (χ1v) is 9.57. The molecule has 2 aromatic heterocycles. The molecule has 1 N–H and O–H groups in total. The van der Waals surface area contributed by atoms with E-state index in [1.54, 1.807) is 41.6 Å². The predicted octanol–water partition coefficient (Wildman–Crippen LogP) is 1.54. The summed E-state index contributed by atoms with van der Waals surface area (Å²) in [6, 6.07) is 8.82. The quantitative estimate of drug-likeness (QED) is 0.610. The van der Waals surface area contributed by atoms with E-state index in [-0.39, 0.29) is 24.2 Å². The third-order valence-corrected chi connectivity index (χ3v) is 4.83. The zero-order valence-electron chi connectivity index (χ0n) is 16.7. The Kier molecular flexibility index (Phi) is 5.57. The molecule has 31 heavy (non-hydrogen) atoms. The molecule has 0 saturated carbocycles. The number of aromatic nitrogens is 4. The van der Waals surface area contributed by atoms with Gasteiger partial charge in [-0.25, -0.2) is 9.53 Å². The molecule has 4 rings (SSSR count). The fraction of sp³-hybridized carbons (Fsp3) is 0.238. The van der Waals surface area contributed by atoms with Crippen LogP contribution in [-0.4, -0.2) is 62.4 Å². The summed E-state index contributed by atoms with van der Waals surface area (Å²) >= 11 is 0. The van der Waals surface area contributed by atoms with Gasteiger partial charge in [-0.3, -0.25) is 14.6 Å². The Morgan fingerprint density at radius 2 is 2.16 bits per heavy atom. The summed E-state index contributed by atoms with van der Waals surface area (Å²) in [6.07, 6.45) is 4.57. The van der Waals surface area contributed by atoms with E-state index < -0.39 is 5.91 Å². The number of carbonyl (C=O) groups is 2. The van der Waals surface area contributed by atoms with Crippen molar-refractivity contribution >= 4 is 17.5 Å². The van der Waals surface area contributed by atoms with E-state index in [0.29, 0.717) is 30.2 Å². The van der Waals surface area contributed by atoms with Crippen molar-refractivity contribution in [3.05, 3.63) is 71.6 Å². The van der Waals surface area contributed by atoms with Crippen LogP contribution in [-0.2, 0) is 4.79 Å². The summed E-state index contributed by atoms with van der Waals surface area (Å²) in [5.41, 5.74) is 2.23. The molecule has 10 nitrogen and oxygen atoms in total. The fourth-order valence-electron chi connectivity index (χ4n) is 3.02. The first-order chi connectivity index (χ1) is 15.0. The molecule has 0 bridgehead atoms. The average molecular weight is 417 g/mol. The third kappa shape index (κ3) is 4.51. The lowest BCUT2D eigenvalue weighted by molar-refractivity contribution is -0.138. The van der Waals surface area contributed by atoms with Gasteiger partial charge < -0.3 is 15.0 Å². The number of likely N-dealkylation sites (tertiary alicyclic amines) is 1. The number of hydrogen-bond acceptors (Lipinski definition) is 6. The molecule has 0 spiro atoms. The van der Waals surface area contributed by atoms with Crippen LogP contribution in [0.3, 0.4) is 0 Å². The van der Waals surface area contributed by atoms with E-state index in [1.165, 1.54) is 10.9 Å². The minimum Gasteiger partial charge on any atom is -0.488 e. The van der Waals surface area contributed by atoms with Crippen molar-refractivity contribution in [1.29, 1.82) is 0 Å². The Morgan fingerprint density at radius 1 is 1.32 bits per heavy atom. The van der Waals surface area contributed by atoms with E-state index in [9.17, 15) is 9.59 Å². The maximum Gasteiger partial charge on any atom is 0.273 e. The molecule has 0 atom stereocenters. The van der Waals surface area contributed by atoms with E-state index in [4.69, 9.17) is 11.3 Å². The Labute approximate surface area is 178 Å². The Balaban J connectivity index is 1.25. The van der Waals surface area contributed by atoms with Crippen molar-refractivity contribution < 1.29 is 14.3 Å². The molecule has 1 aliphatic rings. The standard InChI is InChI=1S/C21H19N7O3/c1-14-5-6-15(22-2)8-19(14)31-17-11-27(12-17)20(29)10-24-21(30)18-13-28(26-25-18)16-4-3-7-23-9-16/h3-9,13,17H,10-12H2,1H3,(H,24,30). The molecular formula is C21H19N7O3. The predicted molar refractivity (Wildman–Crippen MR) is 110 cm³/mol. The molecule has 1 saturated heterocycles. The van der Waals surface area contributed by atoms with Crippen LogP contribution in [0.5, 0.6) is 5.75 Å². The fourth-order valence-corrected chi connectivity index (χ4v) is 3.02. The average Bonchev–Trinajstić information content (AvgIpc) is 3.26. The number of benzene rings is 1. The lowest BCUT2D eigenvalue weighted by atomic mass is 10.1. The van der Waals surface area contributed by atoms with E-state index in [1.807, 2.05) is 13.0 Å². The molecule has 1 aromatic carbocycles. The number of aryl methyl sites for hydroxylation is 1. The number of ether oxygens (including phenoxy) is 1. The number of nitrogens with one attached hydrogen (secondary N) is 1. The zero-order valence-corrected chi connectivity index (χ0v) is 16.7. The van der Waals surface area contributed by atoms with Crippen LogP contribution in [0.15, 0.2) is 48.9 Å². The zero-order chi connectivity index (χ0) is 21.8. The van der Waals surface area contributed by atoms with E-state index >= 15 is 0 Å². The molecule has 156 valence electrons. The second-order valence-corrected chi connectivity index (χ2v) is 7.04. The maximum absolute atomic E-state index is 12.3. The summed E-state index contributed by atoms with van der Waals surface area (Å²) in [7, 11) is 0. The molecular weight excluding hydrogens is 398 g/mol. The van der Waals surface area contributed by atoms with Gasteiger partial charge in [-0.15, -0.1) is 5.10 Å². The molecule has 0 unspecified atom stereocenters. The summed E-state index contributed by atoms with van der Waals surface area (Å²) in [5.74, 6) is -0.0431. The monoisotopic (exact) mass is 417 g/mol. The number of hydrogen-bond donors (Lipinski definition) is 1. The van der Waals surface area contributed by atoms with Gasteiger partial charge in [0.25, 0.3) is 5.91 Å². The molecule has 1 aliphatic heterocycles. The first-order valence-electron chi connectivity index (χ1n) is 9.57. The van der Waals surface area contributed by atoms with Gasteiger partial charge in [0.05, 0.1) is 44.3 Å². The van der Waals surface area contributed by atoms with Gasteiger partial charge in [-0.2, -0.15) is 0 Å². The van der Waals surface area contributed by atoms with Crippen molar-refractivity contribution in [1.82, 2.24) is 30.2 Å². The van der Waals surface area contributed by atoms with Crippen LogP contribution in [0.25, 0.3) is 10.5 Å².